The van der Waals surface area contributed by atoms with Gasteiger partial charge < -0.3 is 19.7 Å². The lowest BCUT2D eigenvalue weighted by molar-refractivity contribution is -0.133. The Kier molecular flexibility index (Phi) is 8.07. The van der Waals surface area contributed by atoms with E-state index in [1.165, 1.54) is 0 Å². The number of hydrogen-bond acceptors (Lipinski definition) is 4. The fourth-order valence-electron chi connectivity index (χ4n) is 2.93. The number of likely N-dealkylation sites (N-methyl/N-ethyl adjacent to an activating group) is 1. The van der Waals surface area contributed by atoms with E-state index in [2.05, 4.69) is 5.32 Å². The van der Waals surface area contributed by atoms with Crippen LogP contribution in [0, 0.1) is 5.92 Å². The summed E-state index contributed by atoms with van der Waals surface area (Å²) < 4.78 is 10.6. The van der Waals surface area contributed by atoms with Crippen molar-refractivity contribution in [1.82, 2.24) is 10.2 Å². The van der Waals surface area contributed by atoms with E-state index < -0.39 is 6.04 Å². The molecule has 0 saturated heterocycles. The predicted octanol–water partition coefficient (Wildman–Crippen LogP) is 3.51. The van der Waals surface area contributed by atoms with Gasteiger partial charge in [-0.05, 0) is 54.8 Å². The maximum atomic E-state index is 13.0. The first-order chi connectivity index (χ1) is 13.8. The Labute approximate surface area is 172 Å². The van der Waals surface area contributed by atoms with E-state index in [1.54, 1.807) is 43.3 Å². The number of nitrogens with zero attached hydrogens (tertiary/aromatic N) is 1. The number of carbonyl (C=O) groups is 2. The third kappa shape index (κ3) is 6.24. The van der Waals surface area contributed by atoms with Crippen molar-refractivity contribution in [2.24, 2.45) is 5.92 Å². The van der Waals surface area contributed by atoms with Gasteiger partial charge in [-0.3, -0.25) is 9.59 Å². The molecular formula is C23H30N2O4. The minimum atomic E-state index is -0.614. The van der Waals surface area contributed by atoms with Gasteiger partial charge in [0.25, 0.3) is 5.91 Å². The van der Waals surface area contributed by atoms with Crippen LogP contribution in [0.15, 0.2) is 48.5 Å². The lowest BCUT2D eigenvalue weighted by Crippen LogP contribution is -2.50. The molecule has 1 atom stereocenters. The Morgan fingerprint density at radius 2 is 1.59 bits per heavy atom. The summed E-state index contributed by atoms with van der Waals surface area (Å²) in [5, 5.41) is 2.87. The summed E-state index contributed by atoms with van der Waals surface area (Å²) in [6.45, 7) is 6.84. The summed E-state index contributed by atoms with van der Waals surface area (Å²) in [5.74, 6) is 1.02. The summed E-state index contributed by atoms with van der Waals surface area (Å²) in [6, 6.07) is 13.9. The van der Waals surface area contributed by atoms with Gasteiger partial charge in [-0.2, -0.15) is 0 Å². The molecule has 0 radical (unpaired) electrons. The molecule has 2 rings (SSSR count). The van der Waals surface area contributed by atoms with Crippen LogP contribution >= 0.6 is 0 Å². The van der Waals surface area contributed by atoms with Gasteiger partial charge in [0.2, 0.25) is 5.91 Å². The molecule has 2 aromatic rings. The van der Waals surface area contributed by atoms with Crippen LogP contribution in [0.1, 0.15) is 36.7 Å². The van der Waals surface area contributed by atoms with E-state index in [9.17, 15) is 9.59 Å². The molecule has 1 unspecified atom stereocenters. The number of benzene rings is 2. The molecule has 0 aliphatic heterocycles. The summed E-state index contributed by atoms with van der Waals surface area (Å²) in [5.41, 5.74) is 1.48. The van der Waals surface area contributed by atoms with E-state index in [-0.39, 0.29) is 17.7 Å². The highest BCUT2D eigenvalue weighted by Crippen LogP contribution is 2.16. The highest BCUT2D eigenvalue weighted by molar-refractivity contribution is 5.97. The number of amides is 2. The van der Waals surface area contributed by atoms with Gasteiger partial charge in [0.15, 0.2) is 0 Å². The second kappa shape index (κ2) is 10.5. The van der Waals surface area contributed by atoms with Crippen LogP contribution < -0.4 is 14.8 Å². The van der Waals surface area contributed by atoms with Crippen molar-refractivity contribution in [1.29, 1.82) is 0 Å². The summed E-state index contributed by atoms with van der Waals surface area (Å²) in [7, 11) is 3.32. The fraction of sp³-hybridized carbons (Fsp3) is 0.391. The molecule has 6 heteroatoms. The molecule has 156 valence electrons. The van der Waals surface area contributed by atoms with Crippen LogP contribution in [0.4, 0.5) is 0 Å². The van der Waals surface area contributed by atoms with Gasteiger partial charge in [0.05, 0.1) is 13.7 Å². The van der Waals surface area contributed by atoms with E-state index in [4.69, 9.17) is 9.47 Å². The van der Waals surface area contributed by atoms with Crippen LogP contribution in [0.5, 0.6) is 11.5 Å². The minimum Gasteiger partial charge on any atom is -0.497 e. The molecule has 0 aliphatic carbocycles. The number of methoxy groups -OCH3 is 1. The Hall–Kier alpha value is -3.02. The molecule has 0 bridgehead atoms. The maximum Gasteiger partial charge on any atom is 0.251 e. The quantitative estimate of drug-likeness (QED) is 0.702. The normalized spacial score (nSPS) is 11.7. The summed E-state index contributed by atoms with van der Waals surface area (Å²) in [4.78, 5) is 27.2. The van der Waals surface area contributed by atoms with Crippen molar-refractivity contribution < 1.29 is 19.1 Å². The highest BCUT2D eigenvalue weighted by Gasteiger charge is 2.27. The van der Waals surface area contributed by atoms with Crippen molar-refractivity contribution >= 4 is 11.8 Å². The van der Waals surface area contributed by atoms with Crippen LogP contribution in [0.3, 0.4) is 0 Å². The summed E-state index contributed by atoms with van der Waals surface area (Å²) in [6.07, 6.45) is 0. The SMILES string of the molecule is CCOc1ccc(CN(C)C(=O)C(NC(=O)c2ccc(OC)cc2)C(C)C)cc1. The Bertz CT molecular complexity index is 801. The summed E-state index contributed by atoms with van der Waals surface area (Å²) >= 11 is 0. The molecule has 0 aromatic heterocycles. The lowest BCUT2D eigenvalue weighted by atomic mass is 10.0. The standard InChI is InChI=1S/C23H30N2O4/c1-6-29-20-11-7-17(8-12-20)15-25(4)23(27)21(16(2)3)24-22(26)18-9-13-19(28-5)14-10-18/h7-14,16,21H,6,15H2,1-5H3,(H,24,26). The lowest BCUT2D eigenvalue weighted by Gasteiger charge is -2.27. The molecule has 1 N–H and O–H groups in total. The average molecular weight is 399 g/mol. The molecular weight excluding hydrogens is 368 g/mol. The van der Waals surface area contributed by atoms with Crippen molar-refractivity contribution in [3.63, 3.8) is 0 Å². The largest absolute Gasteiger partial charge is 0.497 e. The third-order valence-electron chi connectivity index (χ3n) is 4.60. The first-order valence-electron chi connectivity index (χ1n) is 9.77. The second-order valence-corrected chi connectivity index (χ2v) is 7.19. The van der Waals surface area contributed by atoms with Crippen molar-refractivity contribution in [2.45, 2.75) is 33.4 Å². The van der Waals surface area contributed by atoms with E-state index >= 15 is 0 Å². The maximum absolute atomic E-state index is 13.0. The Morgan fingerprint density at radius 3 is 2.10 bits per heavy atom. The zero-order valence-corrected chi connectivity index (χ0v) is 17.8. The topological polar surface area (TPSA) is 67.9 Å². The highest BCUT2D eigenvalue weighted by atomic mass is 16.5. The van der Waals surface area contributed by atoms with Gasteiger partial charge >= 0.3 is 0 Å². The molecule has 2 amide bonds. The monoisotopic (exact) mass is 398 g/mol. The third-order valence-corrected chi connectivity index (χ3v) is 4.60. The van der Waals surface area contributed by atoms with Gasteiger partial charge in [-0.25, -0.2) is 0 Å². The number of rotatable bonds is 9. The predicted molar refractivity (Wildman–Crippen MR) is 113 cm³/mol. The second-order valence-electron chi connectivity index (χ2n) is 7.19. The molecule has 29 heavy (non-hydrogen) atoms. The van der Waals surface area contributed by atoms with Crippen LogP contribution in [0.2, 0.25) is 0 Å². The molecule has 0 saturated carbocycles. The fourth-order valence-corrected chi connectivity index (χ4v) is 2.93. The molecule has 0 aliphatic rings. The van der Waals surface area contributed by atoms with Crippen LogP contribution in [-0.2, 0) is 11.3 Å². The van der Waals surface area contributed by atoms with E-state index in [0.717, 1.165) is 11.3 Å². The van der Waals surface area contributed by atoms with Gasteiger partial charge in [0.1, 0.15) is 17.5 Å². The number of nitrogens with one attached hydrogen (secondary N) is 1. The number of hydrogen-bond donors (Lipinski definition) is 1. The van der Waals surface area contributed by atoms with Crippen LogP contribution in [0.25, 0.3) is 0 Å². The van der Waals surface area contributed by atoms with E-state index in [0.29, 0.717) is 24.5 Å². The Balaban J connectivity index is 2.04. The van der Waals surface area contributed by atoms with Gasteiger partial charge in [-0.1, -0.05) is 26.0 Å². The minimum absolute atomic E-state index is 0.0486. The van der Waals surface area contributed by atoms with Crippen molar-refractivity contribution in [3.05, 3.63) is 59.7 Å². The van der Waals surface area contributed by atoms with Gasteiger partial charge in [0, 0.05) is 19.2 Å². The van der Waals surface area contributed by atoms with Crippen LogP contribution in [-0.4, -0.2) is 43.5 Å². The zero-order valence-electron chi connectivity index (χ0n) is 17.8. The average Bonchev–Trinajstić information content (AvgIpc) is 2.72. The molecule has 6 nitrogen and oxygen atoms in total. The smallest absolute Gasteiger partial charge is 0.251 e. The first-order valence-corrected chi connectivity index (χ1v) is 9.77. The molecule has 2 aromatic carbocycles. The first kappa shape index (κ1) is 22.3. The van der Waals surface area contributed by atoms with Crippen molar-refractivity contribution in [2.75, 3.05) is 20.8 Å². The number of carbonyl (C=O) groups excluding carboxylic acids is 2. The van der Waals surface area contributed by atoms with Crippen molar-refractivity contribution in [3.8, 4) is 11.5 Å². The molecule has 0 fully saturated rings. The Morgan fingerprint density at radius 1 is 1.00 bits per heavy atom. The zero-order chi connectivity index (χ0) is 21.4. The molecule has 0 spiro atoms. The number of ether oxygens (including phenoxy) is 2. The van der Waals surface area contributed by atoms with Gasteiger partial charge in [-0.15, -0.1) is 0 Å². The molecule has 0 heterocycles. The van der Waals surface area contributed by atoms with E-state index in [1.807, 2.05) is 45.0 Å².